The van der Waals surface area contributed by atoms with Crippen molar-refractivity contribution in [1.82, 2.24) is 9.88 Å². The summed E-state index contributed by atoms with van der Waals surface area (Å²) < 4.78 is 46.0. The predicted molar refractivity (Wildman–Crippen MR) is 117 cm³/mol. The number of likely N-dealkylation sites (tertiary alicyclic amines) is 1. The molecule has 2 aromatic rings. The smallest absolute Gasteiger partial charge is 0.416 e. The standard InChI is InChI=1S/C25H31F3N2O2/c1-4-32-23(31)24(17-20-9-5-6-10-21(20)25(26,27)28)11-14-30(15-12-24)19(3)16-22-18(2)8-7-13-29-22/h5-10,13,19H,4,11-12,14-17H2,1-3H3/t19-/m0/s1. The van der Waals surface area contributed by atoms with Crippen LogP contribution in [-0.4, -0.2) is 41.6 Å². The second-order valence-corrected chi connectivity index (χ2v) is 8.69. The Morgan fingerprint density at radius 1 is 1.19 bits per heavy atom. The van der Waals surface area contributed by atoms with Crippen LogP contribution in [0.2, 0.25) is 0 Å². The number of benzene rings is 1. The van der Waals surface area contributed by atoms with E-state index in [0.29, 0.717) is 25.9 Å². The highest BCUT2D eigenvalue weighted by molar-refractivity contribution is 5.77. The van der Waals surface area contributed by atoms with E-state index in [-0.39, 0.29) is 24.6 Å². The van der Waals surface area contributed by atoms with Gasteiger partial charge in [-0.15, -0.1) is 0 Å². The van der Waals surface area contributed by atoms with Gasteiger partial charge in [0.05, 0.1) is 17.6 Å². The Balaban J connectivity index is 1.77. The first kappa shape index (κ1) is 24.2. The fourth-order valence-electron chi connectivity index (χ4n) is 4.59. The number of rotatable bonds is 7. The van der Waals surface area contributed by atoms with Crippen LogP contribution in [-0.2, 0) is 28.5 Å². The highest BCUT2D eigenvalue weighted by Crippen LogP contribution is 2.41. The van der Waals surface area contributed by atoms with Crippen LogP contribution in [0.15, 0.2) is 42.6 Å². The number of piperidine rings is 1. The van der Waals surface area contributed by atoms with E-state index in [2.05, 4.69) is 16.8 Å². The summed E-state index contributed by atoms with van der Waals surface area (Å²) in [5.41, 5.74) is 0.709. The number of hydrogen-bond donors (Lipinski definition) is 0. The van der Waals surface area contributed by atoms with Crippen molar-refractivity contribution in [2.45, 2.75) is 58.7 Å². The minimum atomic E-state index is -4.46. The topological polar surface area (TPSA) is 42.4 Å². The van der Waals surface area contributed by atoms with E-state index in [9.17, 15) is 18.0 Å². The molecule has 32 heavy (non-hydrogen) atoms. The molecule has 0 aliphatic carbocycles. The van der Waals surface area contributed by atoms with Gasteiger partial charge >= 0.3 is 12.1 Å². The first-order chi connectivity index (χ1) is 15.2. The maximum atomic E-state index is 13.6. The number of nitrogens with zero attached hydrogens (tertiary/aromatic N) is 2. The van der Waals surface area contributed by atoms with E-state index in [0.717, 1.165) is 23.7 Å². The number of halogens is 3. The molecule has 0 radical (unpaired) electrons. The second kappa shape index (κ2) is 10.0. The minimum Gasteiger partial charge on any atom is -0.466 e. The van der Waals surface area contributed by atoms with Crippen molar-refractivity contribution < 1.29 is 22.7 Å². The molecule has 1 fully saturated rings. The van der Waals surface area contributed by atoms with Gasteiger partial charge in [0.1, 0.15) is 0 Å². The van der Waals surface area contributed by atoms with E-state index >= 15 is 0 Å². The third-order valence-corrected chi connectivity index (χ3v) is 6.55. The molecular weight excluding hydrogens is 417 g/mol. The molecule has 4 nitrogen and oxygen atoms in total. The second-order valence-electron chi connectivity index (χ2n) is 8.69. The lowest BCUT2D eigenvalue weighted by Gasteiger charge is -2.42. The average Bonchev–Trinajstić information content (AvgIpc) is 2.75. The summed E-state index contributed by atoms with van der Waals surface area (Å²) in [6, 6.07) is 9.70. The molecule has 174 valence electrons. The summed E-state index contributed by atoms with van der Waals surface area (Å²) in [7, 11) is 0. The van der Waals surface area contributed by atoms with E-state index in [4.69, 9.17) is 4.74 Å². The number of aromatic nitrogens is 1. The largest absolute Gasteiger partial charge is 0.466 e. The van der Waals surface area contributed by atoms with Crippen molar-refractivity contribution in [3.63, 3.8) is 0 Å². The summed E-state index contributed by atoms with van der Waals surface area (Å²) in [4.78, 5) is 19.7. The molecule has 3 rings (SSSR count). The normalized spacial score (nSPS) is 17.7. The van der Waals surface area contributed by atoms with Gasteiger partial charge in [-0.1, -0.05) is 24.3 Å². The van der Waals surface area contributed by atoms with Crippen LogP contribution in [0.3, 0.4) is 0 Å². The Labute approximate surface area is 187 Å². The average molecular weight is 449 g/mol. The fraction of sp³-hybridized carbons (Fsp3) is 0.520. The molecule has 1 aliphatic heterocycles. The molecule has 0 unspecified atom stereocenters. The fourth-order valence-corrected chi connectivity index (χ4v) is 4.59. The Morgan fingerprint density at radius 2 is 1.88 bits per heavy atom. The first-order valence-electron chi connectivity index (χ1n) is 11.1. The molecule has 1 atom stereocenters. The van der Waals surface area contributed by atoms with Crippen molar-refractivity contribution in [2.75, 3.05) is 19.7 Å². The van der Waals surface area contributed by atoms with Gasteiger partial charge in [0.2, 0.25) is 0 Å². The maximum absolute atomic E-state index is 13.6. The van der Waals surface area contributed by atoms with Gasteiger partial charge in [-0.3, -0.25) is 9.78 Å². The molecule has 1 aliphatic rings. The highest BCUT2D eigenvalue weighted by atomic mass is 19.4. The molecule has 1 aromatic carbocycles. The van der Waals surface area contributed by atoms with E-state index < -0.39 is 23.1 Å². The van der Waals surface area contributed by atoms with Crippen LogP contribution in [0.5, 0.6) is 0 Å². The van der Waals surface area contributed by atoms with Crippen molar-refractivity contribution in [3.05, 3.63) is 65.0 Å². The summed E-state index contributed by atoms with van der Waals surface area (Å²) in [6.07, 6.45) is -0.927. The monoisotopic (exact) mass is 448 g/mol. The molecule has 7 heteroatoms. The lowest BCUT2D eigenvalue weighted by Crippen LogP contribution is -2.49. The highest BCUT2D eigenvalue weighted by Gasteiger charge is 2.45. The number of pyridine rings is 1. The zero-order valence-electron chi connectivity index (χ0n) is 18.9. The zero-order chi connectivity index (χ0) is 23.4. The van der Waals surface area contributed by atoms with Crippen LogP contribution in [0, 0.1) is 12.3 Å². The van der Waals surface area contributed by atoms with Gasteiger partial charge in [-0.25, -0.2) is 0 Å². The van der Waals surface area contributed by atoms with Gasteiger partial charge in [0.15, 0.2) is 0 Å². The quantitative estimate of drug-likeness (QED) is 0.544. The molecule has 0 saturated carbocycles. The van der Waals surface area contributed by atoms with Crippen LogP contribution >= 0.6 is 0 Å². The SMILES string of the molecule is CCOC(=O)C1(Cc2ccccc2C(F)(F)F)CCN([C@@H](C)Cc2ncccc2C)CC1. The number of alkyl halides is 3. The number of carbonyl (C=O) groups is 1. The van der Waals surface area contributed by atoms with Crippen LogP contribution in [0.4, 0.5) is 13.2 Å². The van der Waals surface area contributed by atoms with Gasteiger partial charge in [-0.2, -0.15) is 13.2 Å². The minimum absolute atomic E-state index is 0.0308. The molecule has 0 N–H and O–H groups in total. The van der Waals surface area contributed by atoms with Crippen LogP contribution in [0.25, 0.3) is 0 Å². The maximum Gasteiger partial charge on any atom is 0.416 e. The van der Waals surface area contributed by atoms with Gasteiger partial charge in [0.25, 0.3) is 0 Å². The lowest BCUT2D eigenvalue weighted by atomic mass is 9.72. The molecule has 0 bridgehead atoms. The number of aryl methyl sites for hydroxylation is 1. The van der Waals surface area contributed by atoms with E-state index in [1.165, 1.54) is 12.1 Å². The number of carbonyl (C=O) groups excluding carboxylic acids is 1. The third kappa shape index (κ3) is 5.49. The number of hydrogen-bond acceptors (Lipinski definition) is 4. The van der Waals surface area contributed by atoms with E-state index in [1.807, 2.05) is 19.1 Å². The van der Waals surface area contributed by atoms with Gasteiger partial charge in [0, 0.05) is 24.4 Å². The summed E-state index contributed by atoms with van der Waals surface area (Å²) in [5.74, 6) is -0.398. The number of esters is 1. The summed E-state index contributed by atoms with van der Waals surface area (Å²) in [5, 5.41) is 0. The van der Waals surface area contributed by atoms with Crippen molar-refractivity contribution >= 4 is 5.97 Å². The Kier molecular flexibility index (Phi) is 7.59. The van der Waals surface area contributed by atoms with Crippen molar-refractivity contribution in [1.29, 1.82) is 0 Å². The predicted octanol–water partition coefficient (Wildman–Crippen LogP) is 5.23. The first-order valence-corrected chi connectivity index (χ1v) is 11.1. The van der Waals surface area contributed by atoms with Crippen molar-refractivity contribution in [3.8, 4) is 0 Å². The molecule has 1 aromatic heterocycles. The van der Waals surface area contributed by atoms with Crippen LogP contribution in [0.1, 0.15) is 49.1 Å². The summed E-state index contributed by atoms with van der Waals surface area (Å²) in [6.45, 7) is 7.35. The zero-order valence-corrected chi connectivity index (χ0v) is 18.9. The molecule has 2 heterocycles. The molecular formula is C25H31F3N2O2. The Morgan fingerprint density at radius 3 is 2.50 bits per heavy atom. The molecule has 0 amide bonds. The van der Waals surface area contributed by atoms with Gasteiger partial charge < -0.3 is 9.64 Å². The van der Waals surface area contributed by atoms with Crippen LogP contribution < -0.4 is 0 Å². The Hall–Kier alpha value is -2.41. The number of ether oxygens (including phenoxy) is 1. The molecule has 0 spiro atoms. The van der Waals surface area contributed by atoms with E-state index in [1.54, 1.807) is 19.2 Å². The lowest BCUT2D eigenvalue weighted by molar-refractivity contribution is -0.159. The summed E-state index contributed by atoms with van der Waals surface area (Å²) >= 11 is 0. The van der Waals surface area contributed by atoms with Gasteiger partial charge in [-0.05, 0) is 76.4 Å². The van der Waals surface area contributed by atoms with Crippen molar-refractivity contribution in [2.24, 2.45) is 5.41 Å². The Bertz CT molecular complexity index is 921. The molecule has 1 saturated heterocycles. The third-order valence-electron chi connectivity index (χ3n) is 6.55.